The van der Waals surface area contributed by atoms with Crippen LogP contribution in [0.15, 0.2) is 18.3 Å². The Labute approximate surface area is 99.6 Å². The molecule has 0 spiro atoms. The van der Waals surface area contributed by atoms with Crippen molar-refractivity contribution < 1.29 is 19.4 Å². The summed E-state index contributed by atoms with van der Waals surface area (Å²) >= 11 is 0. The molecule has 0 aliphatic rings. The Balaban J connectivity index is 2.61. The average Bonchev–Trinajstić information content (AvgIpc) is 2.34. The second-order valence-electron chi connectivity index (χ2n) is 3.40. The van der Waals surface area contributed by atoms with Gasteiger partial charge >= 0.3 is 5.97 Å². The van der Waals surface area contributed by atoms with Crippen LogP contribution in [0.25, 0.3) is 0 Å². The van der Waals surface area contributed by atoms with Crippen molar-refractivity contribution in [2.75, 3.05) is 20.8 Å². The van der Waals surface area contributed by atoms with E-state index in [4.69, 9.17) is 14.6 Å². The number of nitrogens with zero attached hydrogens (tertiary/aromatic N) is 1. The van der Waals surface area contributed by atoms with Gasteiger partial charge in [-0.25, -0.2) is 4.98 Å². The normalized spacial score (nSPS) is 12.1. The van der Waals surface area contributed by atoms with E-state index < -0.39 is 12.0 Å². The summed E-state index contributed by atoms with van der Waals surface area (Å²) < 4.78 is 9.89. The fourth-order valence-electron chi connectivity index (χ4n) is 1.36. The van der Waals surface area contributed by atoms with Gasteiger partial charge in [0.2, 0.25) is 5.88 Å². The van der Waals surface area contributed by atoms with Crippen LogP contribution >= 0.6 is 0 Å². The van der Waals surface area contributed by atoms with E-state index in [9.17, 15) is 4.79 Å². The van der Waals surface area contributed by atoms with Gasteiger partial charge in [-0.2, -0.15) is 0 Å². The average molecular weight is 240 g/mol. The first-order valence-corrected chi connectivity index (χ1v) is 5.12. The molecule has 1 atom stereocenters. The lowest BCUT2D eigenvalue weighted by molar-refractivity contribution is -0.140. The van der Waals surface area contributed by atoms with Crippen molar-refractivity contribution >= 4 is 5.97 Å². The van der Waals surface area contributed by atoms with Crippen LogP contribution < -0.4 is 10.1 Å². The molecule has 0 aliphatic carbocycles. The Hall–Kier alpha value is -1.66. The molecule has 0 saturated carbocycles. The molecule has 94 valence electrons. The topological polar surface area (TPSA) is 80.7 Å². The summed E-state index contributed by atoms with van der Waals surface area (Å²) in [6.07, 6.45) is 1.62. The lowest BCUT2D eigenvalue weighted by Crippen LogP contribution is -2.39. The van der Waals surface area contributed by atoms with E-state index in [2.05, 4.69) is 10.3 Å². The predicted molar refractivity (Wildman–Crippen MR) is 60.9 cm³/mol. The third-order valence-electron chi connectivity index (χ3n) is 2.21. The molecule has 6 heteroatoms. The molecule has 2 N–H and O–H groups in total. The molecule has 0 saturated heterocycles. The van der Waals surface area contributed by atoms with Crippen LogP contribution in [-0.4, -0.2) is 42.9 Å². The minimum atomic E-state index is -0.949. The minimum absolute atomic E-state index is 0.109. The molecule has 1 heterocycles. The van der Waals surface area contributed by atoms with Gasteiger partial charge in [-0.05, 0) is 6.07 Å². The van der Waals surface area contributed by atoms with Crippen molar-refractivity contribution in [2.45, 2.75) is 12.6 Å². The molecule has 1 unspecified atom stereocenters. The summed E-state index contributed by atoms with van der Waals surface area (Å²) in [6, 6.07) is 2.85. The minimum Gasteiger partial charge on any atom is -0.481 e. The van der Waals surface area contributed by atoms with Crippen LogP contribution in [0.3, 0.4) is 0 Å². The molecule has 1 aromatic heterocycles. The molecule has 6 nitrogen and oxygen atoms in total. The van der Waals surface area contributed by atoms with E-state index in [1.807, 2.05) is 6.07 Å². The Bertz CT molecular complexity index is 370. The first-order chi connectivity index (χ1) is 8.19. The third-order valence-corrected chi connectivity index (χ3v) is 2.21. The molecular formula is C11H16N2O4. The molecule has 0 bridgehead atoms. The summed E-state index contributed by atoms with van der Waals surface area (Å²) in [7, 11) is 2.98. The Morgan fingerprint density at radius 3 is 2.94 bits per heavy atom. The highest BCUT2D eigenvalue weighted by Crippen LogP contribution is 2.13. The van der Waals surface area contributed by atoms with Gasteiger partial charge in [0.15, 0.2) is 0 Å². The molecule has 0 fully saturated rings. The highest BCUT2D eigenvalue weighted by molar-refractivity contribution is 5.73. The number of nitrogens with one attached hydrogen (secondary N) is 1. The summed E-state index contributed by atoms with van der Waals surface area (Å²) in [5.74, 6) is -0.462. The maximum Gasteiger partial charge on any atom is 0.323 e. The number of hydrogen-bond donors (Lipinski definition) is 2. The Morgan fingerprint density at radius 2 is 2.35 bits per heavy atom. The lowest BCUT2D eigenvalue weighted by Gasteiger charge is -2.14. The molecule has 0 aromatic carbocycles. The first kappa shape index (κ1) is 13.4. The standard InChI is InChI=1S/C11H16N2O4/c1-16-7-9(11(14)15)13-6-8-4-3-5-12-10(8)17-2/h3-5,9,13H,6-7H2,1-2H3,(H,14,15). The number of hydrogen-bond acceptors (Lipinski definition) is 5. The number of carboxylic acid groups (broad SMARTS) is 1. The quantitative estimate of drug-likeness (QED) is 0.712. The predicted octanol–water partition coefficient (Wildman–Crippen LogP) is 0.279. The zero-order chi connectivity index (χ0) is 12.7. The summed E-state index contributed by atoms with van der Waals surface area (Å²) in [5, 5.41) is 11.8. The SMILES string of the molecule is COCC(NCc1cccnc1OC)C(=O)O. The van der Waals surface area contributed by atoms with Crippen molar-refractivity contribution in [1.82, 2.24) is 10.3 Å². The molecule has 0 amide bonds. The van der Waals surface area contributed by atoms with Gasteiger partial charge in [0.1, 0.15) is 6.04 Å². The zero-order valence-corrected chi connectivity index (χ0v) is 9.84. The number of carboxylic acids is 1. The van der Waals surface area contributed by atoms with Gasteiger partial charge < -0.3 is 14.6 Å². The van der Waals surface area contributed by atoms with Crippen LogP contribution in [-0.2, 0) is 16.1 Å². The van der Waals surface area contributed by atoms with E-state index in [1.54, 1.807) is 12.3 Å². The van der Waals surface area contributed by atoms with E-state index in [-0.39, 0.29) is 6.61 Å². The monoisotopic (exact) mass is 240 g/mol. The van der Waals surface area contributed by atoms with E-state index in [1.165, 1.54) is 14.2 Å². The Kier molecular flexibility index (Phi) is 5.38. The second kappa shape index (κ2) is 6.82. The molecule has 0 radical (unpaired) electrons. The molecule has 0 aliphatic heterocycles. The van der Waals surface area contributed by atoms with Crippen LogP contribution in [0.1, 0.15) is 5.56 Å². The summed E-state index contributed by atoms with van der Waals surface area (Å²) in [5.41, 5.74) is 0.803. The van der Waals surface area contributed by atoms with Gasteiger partial charge in [0.05, 0.1) is 13.7 Å². The molecular weight excluding hydrogens is 224 g/mol. The number of aliphatic carboxylic acids is 1. The largest absolute Gasteiger partial charge is 0.481 e. The maximum atomic E-state index is 10.9. The van der Waals surface area contributed by atoms with Crippen LogP contribution in [0.4, 0.5) is 0 Å². The van der Waals surface area contributed by atoms with Crippen molar-refractivity contribution in [1.29, 1.82) is 0 Å². The van der Waals surface area contributed by atoms with Crippen molar-refractivity contribution in [3.05, 3.63) is 23.9 Å². The summed E-state index contributed by atoms with van der Waals surface area (Å²) in [4.78, 5) is 14.9. The molecule has 1 aromatic rings. The first-order valence-electron chi connectivity index (χ1n) is 5.12. The van der Waals surface area contributed by atoms with Gasteiger partial charge in [-0.1, -0.05) is 6.07 Å². The number of rotatable bonds is 7. The zero-order valence-electron chi connectivity index (χ0n) is 9.84. The van der Waals surface area contributed by atoms with Crippen molar-refractivity contribution in [3.8, 4) is 5.88 Å². The van der Waals surface area contributed by atoms with Crippen molar-refractivity contribution in [2.24, 2.45) is 0 Å². The fourth-order valence-corrected chi connectivity index (χ4v) is 1.36. The number of ether oxygens (including phenoxy) is 2. The molecule has 17 heavy (non-hydrogen) atoms. The van der Waals surface area contributed by atoms with E-state index in [0.717, 1.165) is 5.56 Å². The smallest absolute Gasteiger partial charge is 0.323 e. The summed E-state index contributed by atoms with van der Waals surface area (Å²) in [6.45, 7) is 0.468. The van der Waals surface area contributed by atoms with Crippen LogP contribution in [0, 0.1) is 0 Å². The van der Waals surface area contributed by atoms with Gasteiger partial charge in [0, 0.05) is 25.4 Å². The van der Waals surface area contributed by atoms with E-state index >= 15 is 0 Å². The van der Waals surface area contributed by atoms with Gasteiger partial charge in [-0.15, -0.1) is 0 Å². The fraction of sp³-hybridized carbons (Fsp3) is 0.455. The van der Waals surface area contributed by atoms with Gasteiger partial charge in [-0.3, -0.25) is 10.1 Å². The number of pyridine rings is 1. The van der Waals surface area contributed by atoms with E-state index in [0.29, 0.717) is 12.4 Å². The maximum absolute atomic E-state index is 10.9. The second-order valence-corrected chi connectivity index (χ2v) is 3.40. The molecule has 1 rings (SSSR count). The number of methoxy groups -OCH3 is 2. The number of aromatic nitrogens is 1. The third kappa shape index (κ3) is 4.01. The van der Waals surface area contributed by atoms with Crippen LogP contribution in [0.2, 0.25) is 0 Å². The van der Waals surface area contributed by atoms with Crippen molar-refractivity contribution in [3.63, 3.8) is 0 Å². The van der Waals surface area contributed by atoms with Gasteiger partial charge in [0.25, 0.3) is 0 Å². The van der Waals surface area contributed by atoms with Crippen LogP contribution in [0.5, 0.6) is 5.88 Å². The highest BCUT2D eigenvalue weighted by atomic mass is 16.5. The lowest BCUT2D eigenvalue weighted by atomic mass is 10.2. The number of carbonyl (C=O) groups is 1. The Morgan fingerprint density at radius 1 is 1.59 bits per heavy atom. The highest BCUT2D eigenvalue weighted by Gasteiger charge is 2.17.